The van der Waals surface area contributed by atoms with Gasteiger partial charge in [0.1, 0.15) is 6.34 Å². The molecule has 4 heteroatoms. The van der Waals surface area contributed by atoms with E-state index in [9.17, 15) is 4.79 Å². The third-order valence-corrected chi connectivity index (χ3v) is 2.49. The fourth-order valence-electron chi connectivity index (χ4n) is 1.70. The number of hydrogen-bond acceptors (Lipinski definition) is 3. The van der Waals surface area contributed by atoms with E-state index in [1.54, 1.807) is 6.08 Å². The highest BCUT2D eigenvalue weighted by molar-refractivity contribution is 6.15. The van der Waals surface area contributed by atoms with Crippen LogP contribution >= 0.6 is 0 Å². The minimum atomic E-state index is -0.978. The van der Waals surface area contributed by atoms with Gasteiger partial charge in [-0.2, -0.15) is 0 Å². The predicted octanol–water partition coefficient (Wildman–Crippen LogP) is -0.522. The zero-order valence-electron chi connectivity index (χ0n) is 7.79. The van der Waals surface area contributed by atoms with E-state index in [1.807, 2.05) is 24.3 Å². The normalized spacial score (nSPS) is 26.3. The fraction of sp³-hybridized carbons (Fsp3) is 0.0909. The first kappa shape index (κ1) is 8.23. The van der Waals surface area contributed by atoms with E-state index in [4.69, 9.17) is 0 Å². The molecule has 0 aromatic heterocycles. The largest absolute Gasteiger partial charge is 0.283 e. The van der Waals surface area contributed by atoms with Crippen LogP contribution in [0.25, 0.3) is 6.08 Å². The number of carbonyl (C=O) groups excluding carboxylic acids is 1. The maximum Gasteiger partial charge on any atom is 0.283 e. The van der Waals surface area contributed by atoms with Crippen molar-refractivity contribution in [1.29, 1.82) is 0 Å². The number of nitrogens with zero attached hydrogens (tertiary/aromatic N) is 3. The zero-order chi connectivity index (χ0) is 10.3. The second-order valence-electron chi connectivity index (χ2n) is 3.47. The first-order valence-corrected chi connectivity index (χ1v) is 4.59. The third kappa shape index (κ3) is 1.08. The first-order chi connectivity index (χ1) is 7.30. The molecule has 1 amide bonds. The van der Waals surface area contributed by atoms with Crippen molar-refractivity contribution in [2.45, 2.75) is 5.54 Å². The van der Waals surface area contributed by atoms with Crippen LogP contribution in [0.15, 0.2) is 39.2 Å². The zero-order valence-corrected chi connectivity index (χ0v) is 7.79. The Bertz CT molecular complexity index is 601. The Morgan fingerprint density at radius 3 is 2.87 bits per heavy atom. The average Bonchev–Trinajstić information content (AvgIpc) is 2.70. The van der Waals surface area contributed by atoms with Gasteiger partial charge in [0.2, 0.25) is 0 Å². The van der Waals surface area contributed by atoms with Gasteiger partial charge in [-0.15, -0.1) is 0 Å². The number of benzene rings is 1. The lowest BCUT2D eigenvalue weighted by molar-refractivity contribution is -0.119. The van der Waals surface area contributed by atoms with Crippen LogP contribution in [0.3, 0.4) is 0 Å². The van der Waals surface area contributed by atoms with Gasteiger partial charge >= 0.3 is 0 Å². The summed E-state index contributed by atoms with van der Waals surface area (Å²) in [5.41, 5.74) is -0.978. The Balaban J connectivity index is 2.36. The molecule has 0 saturated heterocycles. The lowest BCUT2D eigenvalue weighted by Crippen LogP contribution is -2.44. The number of para-hydroxylation sites is 1. The van der Waals surface area contributed by atoms with Gasteiger partial charge < -0.3 is 0 Å². The second-order valence-corrected chi connectivity index (χ2v) is 3.47. The van der Waals surface area contributed by atoms with Gasteiger partial charge in [-0.05, 0) is 17.4 Å². The maximum absolute atomic E-state index is 11.8. The Morgan fingerprint density at radius 1 is 1.20 bits per heavy atom. The van der Waals surface area contributed by atoms with Crippen LogP contribution in [0.4, 0.5) is 0 Å². The molecule has 0 bridgehead atoms. The van der Waals surface area contributed by atoms with E-state index in [0.29, 0.717) is 5.36 Å². The van der Waals surface area contributed by atoms with Gasteiger partial charge in [-0.3, -0.25) is 4.79 Å². The molecule has 0 fully saturated rings. The number of carbonyl (C=O) groups is 1. The number of amides is 1. The van der Waals surface area contributed by atoms with Gasteiger partial charge in [-0.25, -0.2) is 15.0 Å². The van der Waals surface area contributed by atoms with Crippen molar-refractivity contribution in [1.82, 2.24) is 0 Å². The molecule has 1 aromatic rings. The number of rotatable bonds is 0. The van der Waals surface area contributed by atoms with E-state index >= 15 is 0 Å². The van der Waals surface area contributed by atoms with Crippen LogP contribution < -0.4 is 10.6 Å². The Kier molecular flexibility index (Phi) is 1.48. The topological polar surface area (TPSA) is 54.1 Å². The summed E-state index contributed by atoms with van der Waals surface area (Å²) < 4.78 is 0. The molecule has 4 nitrogen and oxygen atoms in total. The average molecular weight is 197 g/mol. The summed E-state index contributed by atoms with van der Waals surface area (Å²) in [6, 6.07) is 7.48. The molecule has 0 N–H and O–H groups in total. The highest BCUT2D eigenvalue weighted by Gasteiger charge is 2.37. The van der Waals surface area contributed by atoms with E-state index in [0.717, 1.165) is 5.22 Å². The number of hydrogen-bond donors (Lipinski definition) is 0. The van der Waals surface area contributed by atoms with Crippen molar-refractivity contribution in [3.63, 3.8) is 0 Å². The maximum atomic E-state index is 11.8. The monoisotopic (exact) mass is 197 g/mol. The Labute approximate surface area is 85.4 Å². The van der Waals surface area contributed by atoms with Crippen LogP contribution in [0.2, 0.25) is 0 Å². The smallest absolute Gasteiger partial charge is 0.269 e. The fourth-order valence-corrected chi connectivity index (χ4v) is 1.70. The van der Waals surface area contributed by atoms with Crippen LogP contribution in [-0.4, -0.2) is 24.0 Å². The van der Waals surface area contributed by atoms with Crippen molar-refractivity contribution in [2.75, 3.05) is 0 Å². The quantitative estimate of drug-likeness (QED) is 0.552. The van der Waals surface area contributed by atoms with E-state index in [-0.39, 0.29) is 5.91 Å². The van der Waals surface area contributed by atoms with Crippen molar-refractivity contribution < 1.29 is 4.79 Å². The first-order valence-electron chi connectivity index (χ1n) is 4.59. The standard InChI is InChI=1S/C11H7N3O/c15-10-11(6-12-7-13-11)5-8-3-1-2-4-9(8)14-10/h1-7H. The molecule has 3 rings (SSSR count). The van der Waals surface area contributed by atoms with Crippen molar-refractivity contribution >= 4 is 24.5 Å². The highest BCUT2D eigenvalue weighted by atomic mass is 16.2. The molecule has 15 heavy (non-hydrogen) atoms. The third-order valence-electron chi connectivity index (χ3n) is 2.49. The molecule has 2 heterocycles. The van der Waals surface area contributed by atoms with E-state index < -0.39 is 5.54 Å². The van der Waals surface area contributed by atoms with Crippen molar-refractivity contribution in [2.24, 2.45) is 15.0 Å². The molecule has 0 radical (unpaired) electrons. The molecule has 1 atom stereocenters. The van der Waals surface area contributed by atoms with Crippen LogP contribution in [0.5, 0.6) is 0 Å². The molecule has 0 saturated carbocycles. The summed E-state index contributed by atoms with van der Waals surface area (Å²) in [6.45, 7) is 0. The lowest BCUT2D eigenvalue weighted by atomic mass is 9.97. The predicted molar refractivity (Wildman–Crippen MR) is 56.4 cm³/mol. The van der Waals surface area contributed by atoms with Crippen LogP contribution in [0, 0.1) is 0 Å². The Morgan fingerprint density at radius 2 is 2.07 bits per heavy atom. The van der Waals surface area contributed by atoms with Gasteiger partial charge in [0.15, 0.2) is 5.54 Å². The molecular formula is C11H7N3O. The summed E-state index contributed by atoms with van der Waals surface area (Å²) in [7, 11) is 0. The van der Waals surface area contributed by atoms with Crippen LogP contribution in [0.1, 0.15) is 0 Å². The molecule has 2 aliphatic heterocycles. The summed E-state index contributed by atoms with van der Waals surface area (Å²) in [4.78, 5) is 23.7. The number of fused-ring (bicyclic) bond motifs is 1. The molecule has 1 aromatic carbocycles. The summed E-state index contributed by atoms with van der Waals surface area (Å²) in [5, 5.41) is 1.62. The minimum absolute atomic E-state index is 0.279. The van der Waals surface area contributed by atoms with Gasteiger partial charge in [0, 0.05) is 6.21 Å². The number of aliphatic imine (C=N–C) groups is 2. The Hall–Kier alpha value is -2.10. The molecule has 72 valence electrons. The summed E-state index contributed by atoms with van der Waals surface area (Å²) in [5.74, 6) is -0.279. The second kappa shape index (κ2) is 2.70. The van der Waals surface area contributed by atoms with Crippen LogP contribution in [-0.2, 0) is 4.79 Å². The molecule has 0 aliphatic carbocycles. The molecule has 1 unspecified atom stereocenters. The van der Waals surface area contributed by atoms with Gasteiger partial charge in [-0.1, -0.05) is 18.2 Å². The molecular weight excluding hydrogens is 190 g/mol. The van der Waals surface area contributed by atoms with E-state index in [2.05, 4.69) is 15.0 Å². The highest BCUT2D eigenvalue weighted by Crippen LogP contribution is 2.17. The minimum Gasteiger partial charge on any atom is -0.269 e. The van der Waals surface area contributed by atoms with Crippen molar-refractivity contribution in [3.8, 4) is 0 Å². The molecule has 1 spiro atoms. The lowest BCUT2D eigenvalue weighted by Gasteiger charge is -2.16. The summed E-state index contributed by atoms with van der Waals surface area (Å²) in [6.07, 6.45) is 4.71. The van der Waals surface area contributed by atoms with E-state index in [1.165, 1.54) is 12.6 Å². The van der Waals surface area contributed by atoms with Gasteiger partial charge in [0.05, 0.1) is 5.36 Å². The summed E-state index contributed by atoms with van der Waals surface area (Å²) >= 11 is 0. The van der Waals surface area contributed by atoms with Gasteiger partial charge in [0.25, 0.3) is 5.91 Å². The van der Waals surface area contributed by atoms with Crippen molar-refractivity contribution in [3.05, 3.63) is 34.8 Å². The molecule has 2 aliphatic rings. The SMILES string of the molecule is O=C1N=c2ccccc2=CC12C=NC=N2.